The van der Waals surface area contributed by atoms with Crippen LogP contribution in [0.15, 0.2) is 17.0 Å². The Bertz CT molecular complexity index is 581. The molecule has 1 saturated carbocycles. The molecule has 1 aromatic carbocycles. The Labute approximate surface area is 119 Å². The summed E-state index contributed by atoms with van der Waals surface area (Å²) in [7, 11) is -3.71. The molecule has 112 valence electrons. The summed E-state index contributed by atoms with van der Waals surface area (Å²) in [6.07, 6.45) is 5.62. The number of hydrogen-bond donors (Lipinski definition) is 2. The zero-order valence-electron chi connectivity index (χ0n) is 11.7. The van der Waals surface area contributed by atoms with Crippen molar-refractivity contribution in [3.63, 3.8) is 0 Å². The molecule has 0 heterocycles. The van der Waals surface area contributed by atoms with E-state index in [2.05, 4.69) is 4.72 Å². The van der Waals surface area contributed by atoms with Gasteiger partial charge in [0.05, 0.1) is 4.90 Å². The minimum atomic E-state index is -3.71. The first-order valence-corrected chi connectivity index (χ1v) is 8.44. The van der Waals surface area contributed by atoms with E-state index >= 15 is 0 Å². The molecule has 0 saturated heterocycles. The van der Waals surface area contributed by atoms with Crippen LogP contribution >= 0.6 is 0 Å². The van der Waals surface area contributed by atoms with Crippen LogP contribution in [-0.4, -0.2) is 15.0 Å². The second kappa shape index (κ2) is 6.10. The number of benzene rings is 1. The monoisotopic (exact) mass is 300 g/mol. The van der Waals surface area contributed by atoms with Crippen LogP contribution in [0.5, 0.6) is 0 Å². The van der Waals surface area contributed by atoms with E-state index in [4.69, 9.17) is 5.73 Å². The van der Waals surface area contributed by atoms with Crippen molar-refractivity contribution in [3.05, 3.63) is 23.5 Å². The van der Waals surface area contributed by atoms with E-state index in [9.17, 15) is 12.8 Å². The van der Waals surface area contributed by atoms with Gasteiger partial charge in [-0.3, -0.25) is 0 Å². The predicted molar refractivity (Wildman–Crippen MR) is 77.3 cm³/mol. The average Bonchev–Trinajstić information content (AvgIpc) is 2.42. The zero-order chi connectivity index (χ0) is 14.8. The van der Waals surface area contributed by atoms with Crippen LogP contribution < -0.4 is 10.5 Å². The van der Waals surface area contributed by atoms with Gasteiger partial charge in [-0.15, -0.1) is 0 Å². The normalized spacial score (nSPS) is 17.3. The molecule has 20 heavy (non-hydrogen) atoms. The van der Waals surface area contributed by atoms with E-state index in [-0.39, 0.29) is 16.1 Å². The highest BCUT2D eigenvalue weighted by Crippen LogP contribution is 2.25. The van der Waals surface area contributed by atoms with Crippen molar-refractivity contribution in [2.45, 2.75) is 43.9 Å². The Balaban J connectivity index is 2.14. The van der Waals surface area contributed by atoms with Gasteiger partial charge in [-0.1, -0.05) is 19.3 Å². The molecule has 3 N–H and O–H groups in total. The highest BCUT2D eigenvalue weighted by molar-refractivity contribution is 7.89. The smallest absolute Gasteiger partial charge is 0.241 e. The van der Waals surface area contributed by atoms with Gasteiger partial charge >= 0.3 is 0 Å². The number of rotatable bonds is 4. The molecule has 0 amide bonds. The van der Waals surface area contributed by atoms with Gasteiger partial charge in [0.25, 0.3) is 0 Å². The van der Waals surface area contributed by atoms with Crippen LogP contribution in [0.25, 0.3) is 0 Å². The maximum Gasteiger partial charge on any atom is 0.241 e. The first kappa shape index (κ1) is 15.3. The van der Waals surface area contributed by atoms with Crippen molar-refractivity contribution in [1.82, 2.24) is 4.72 Å². The Morgan fingerprint density at radius 1 is 1.30 bits per heavy atom. The van der Waals surface area contributed by atoms with Gasteiger partial charge in [0.15, 0.2) is 0 Å². The van der Waals surface area contributed by atoms with Crippen molar-refractivity contribution in [2.24, 2.45) is 5.92 Å². The minimum Gasteiger partial charge on any atom is -0.399 e. The summed E-state index contributed by atoms with van der Waals surface area (Å²) in [6, 6.07) is 2.44. The van der Waals surface area contributed by atoms with Crippen LogP contribution in [0.2, 0.25) is 0 Å². The van der Waals surface area contributed by atoms with Gasteiger partial charge in [0, 0.05) is 17.8 Å². The second-order valence-electron chi connectivity index (χ2n) is 5.48. The molecule has 0 radical (unpaired) electrons. The van der Waals surface area contributed by atoms with E-state index in [1.165, 1.54) is 19.4 Å². The van der Waals surface area contributed by atoms with Gasteiger partial charge in [-0.05, 0) is 37.8 Å². The molecule has 1 aliphatic rings. The molecule has 4 nitrogen and oxygen atoms in total. The number of sulfonamides is 1. The van der Waals surface area contributed by atoms with Gasteiger partial charge < -0.3 is 5.73 Å². The number of nitrogens with two attached hydrogens (primary N) is 1. The molecule has 0 aromatic heterocycles. The highest BCUT2D eigenvalue weighted by Gasteiger charge is 2.22. The lowest BCUT2D eigenvalue weighted by atomic mass is 9.90. The molecule has 1 fully saturated rings. The third-order valence-corrected chi connectivity index (χ3v) is 5.45. The van der Waals surface area contributed by atoms with E-state index in [0.717, 1.165) is 31.7 Å². The molecule has 0 spiro atoms. The Kier molecular flexibility index (Phi) is 4.65. The largest absolute Gasteiger partial charge is 0.399 e. The zero-order valence-corrected chi connectivity index (χ0v) is 12.5. The number of halogens is 1. The lowest BCUT2D eigenvalue weighted by Crippen LogP contribution is -2.31. The molecule has 2 rings (SSSR count). The molecule has 1 aliphatic carbocycles. The second-order valence-corrected chi connectivity index (χ2v) is 7.22. The van der Waals surface area contributed by atoms with E-state index in [0.29, 0.717) is 12.5 Å². The topological polar surface area (TPSA) is 72.2 Å². The maximum absolute atomic E-state index is 13.6. The van der Waals surface area contributed by atoms with Crippen molar-refractivity contribution >= 4 is 15.7 Å². The fourth-order valence-electron chi connectivity index (χ4n) is 2.65. The third-order valence-electron chi connectivity index (χ3n) is 3.90. The van der Waals surface area contributed by atoms with Crippen LogP contribution in [0.1, 0.15) is 37.7 Å². The summed E-state index contributed by atoms with van der Waals surface area (Å²) >= 11 is 0. The van der Waals surface area contributed by atoms with Crippen molar-refractivity contribution in [3.8, 4) is 0 Å². The number of nitrogen functional groups attached to an aromatic ring is 1. The van der Waals surface area contributed by atoms with Crippen LogP contribution in [0.4, 0.5) is 10.1 Å². The summed E-state index contributed by atoms with van der Waals surface area (Å²) in [4.78, 5) is -0.0641. The third kappa shape index (κ3) is 3.49. The molecule has 0 unspecified atom stereocenters. The van der Waals surface area contributed by atoms with Crippen LogP contribution in [0, 0.1) is 18.7 Å². The molecule has 0 aliphatic heterocycles. The fraction of sp³-hybridized carbons (Fsp3) is 0.571. The number of nitrogens with one attached hydrogen (secondary N) is 1. The molecule has 0 atom stereocenters. The lowest BCUT2D eigenvalue weighted by Gasteiger charge is -2.22. The van der Waals surface area contributed by atoms with E-state index in [1.54, 1.807) is 0 Å². The summed E-state index contributed by atoms with van der Waals surface area (Å²) in [6.45, 7) is 1.86. The van der Waals surface area contributed by atoms with Gasteiger partial charge in [-0.2, -0.15) is 0 Å². The van der Waals surface area contributed by atoms with Crippen molar-refractivity contribution < 1.29 is 12.8 Å². The first-order valence-electron chi connectivity index (χ1n) is 6.95. The SMILES string of the molecule is Cc1c(F)cc(N)cc1S(=O)(=O)NCC1CCCCC1. The standard InChI is InChI=1S/C14H21FN2O2S/c1-10-13(15)7-12(16)8-14(10)20(18,19)17-9-11-5-3-2-4-6-11/h7-8,11,17H,2-6,9,16H2,1H3. The number of anilines is 1. The highest BCUT2D eigenvalue weighted by atomic mass is 32.2. The summed E-state index contributed by atoms with van der Waals surface area (Å²) in [5.74, 6) is -0.215. The Morgan fingerprint density at radius 2 is 1.95 bits per heavy atom. The quantitative estimate of drug-likeness (QED) is 0.839. The summed E-state index contributed by atoms with van der Waals surface area (Å²) < 4.78 is 40.7. The molecular weight excluding hydrogens is 279 g/mol. The number of hydrogen-bond acceptors (Lipinski definition) is 3. The molecular formula is C14H21FN2O2S. The Morgan fingerprint density at radius 3 is 2.60 bits per heavy atom. The maximum atomic E-state index is 13.6. The molecule has 1 aromatic rings. The fourth-order valence-corrected chi connectivity index (χ4v) is 4.05. The van der Waals surface area contributed by atoms with Gasteiger partial charge in [0.1, 0.15) is 5.82 Å². The summed E-state index contributed by atoms with van der Waals surface area (Å²) in [5.41, 5.74) is 5.76. The van der Waals surface area contributed by atoms with Crippen LogP contribution in [-0.2, 0) is 10.0 Å². The molecule has 6 heteroatoms. The van der Waals surface area contributed by atoms with Gasteiger partial charge in [-0.25, -0.2) is 17.5 Å². The first-order chi connectivity index (χ1) is 9.40. The van der Waals surface area contributed by atoms with E-state index in [1.807, 2.05) is 0 Å². The minimum absolute atomic E-state index is 0.0641. The van der Waals surface area contributed by atoms with E-state index < -0.39 is 15.8 Å². The Hall–Kier alpha value is -1.14. The molecule has 0 bridgehead atoms. The summed E-state index contributed by atoms with van der Waals surface area (Å²) in [5, 5.41) is 0. The van der Waals surface area contributed by atoms with Crippen molar-refractivity contribution in [2.75, 3.05) is 12.3 Å². The van der Waals surface area contributed by atoms with Crippen LogP contribution in [0.3, 0.4) is 0 Å². The van der Waals surface area contributed by atoms with Crippen molar-refractivity contribution in [1.29, 1.82) is 0 Å². The average molecular weight is 300 g/mol. The predicted octanol–water partition coefficient (Wildman–Crippen LogP) is 2.57. The van der Waals surface area contributed by atoms with Gasteiger partial charge in [0.2, 0.25) is 10.0 Å². The lowest BCUT2D eigenvalue weighted by molar-refractivity contribution is 0.357.